The molecular weight excluding hydrogens is 457 g/mol. The zero-order chi connectivity index (χ0) is 25.1. The van der Waals surface area contributed by atoms with Gasteiger partial charge >= 0.3 is 0 Å². The largest absolute Gasteiger partial charge is 0.366 e. The van der Waals surface area contributed by atoms with Gasteiger partial charge in [-0.3, -0.25) is 14.8 Å². The number of rotatable bonds is 6. The number of hydrogen-bond acceptors (Lipinski definition) is 7. The second-order valence-electron chi connectivity index (χ2n) is 9.24. The van der Waals surface area contributed by atoms with E-state index >= 15 is 4.39 Å². The van der Waals surface area contributed by atoms with Crippen molar-refractivity contribution >= 4 is 28.3 Å². The van der Waals surface area contributed by atoms with E-state index in [-0.39, 0.29) is 5.82 Å². The molecule has 9 heteroatoms. The van der Waals surface area contributed by atoms with Gasteiger partial charge in [-0.15, -0.1) is 0 Å². The molecule has 0 atom stereocenters. The van der Waals surface area contributed by atoms with Crippen molar-refractivity contribution in [1.29, 1.82) is 0 Å². The molecule has 5 rings (SSSR count). The lowest BCUT2D eigenvalue weighted by atomic mass is 10.0. The molecule has 4 aromatic rings. The molecular formula is C27H28FN7O. The molecule has 4 heterocycles. The van der Waals surface area contributed by atoms with Gasteiger partial charge in [-0.1, -0.05) is 18.2 Å². The van der Waals surface area contributed by atoms with Crippen LogP contribution in [0.5, 0.6) is 0 Å². The molecule has 1 saturated heterocycles. The quantitative estimate of drug-likeness (QED) is 0.406. The minimum absolute atomic E-state index is 0.136. The molecule has 1 fully saturated rings. The van der Waals surface area contributed by atoms with Gasteiger partial charge in [-0.25, -0.2) is 14.4 Å². The highest BCUT2D eigenvalue weighted by Gasteiger charge is 2.21. The maximum atomic E-state index is 15.4. The SMILES string of the molecule is CC(C)N1CCC(Nc2cncc(-c3cc4c(F)c(NC(=O)c5ccccc5)ncc4cn3)n2)CC1. The number of halogens is 1. The first kappa shape index (κ1) is 23.7. The van der Waals surface area contributed by atoms with Crippen LogP contribution in [0.25, 0.3) is 22.2 Å². The first-order chi connectivity index (χ1) is 17.5. The first-order valence-corrected chi connectivity index (χ1v) is 12.1. The number of carbonyl (C=O) groups is 1. The number of nitrogens with one attached hydrogen (secondary N) is 2. The van der Waals surface area contributed by atoms with E-state index in [2.05, 4.69) is 49.3 Å². The fraction of sp³-hybridized carbons (Fsp3) is 0.296. The number of benzene rings is 1. The molecule has 184 valence electrons. The maximum Gasteiger partial charge on any atom is 0.256 e. The molecule has 0 bridgehead atoms. The normalized spacial score (nSPS) is 14.8. The lowest BCUT2D eigenvalue weighted by Gasteiger charge is -2.35. The van der Waals surface area contributed by atoms with E-state index in [0.717, 1.165) is 25.9 Å². The maximum absolute atomic E-state index is 15.4. The molecule has 8 nitrogen and oxygen atoms in total. The van der Waals surface area contributed by atoms with Gasteiger partial charge < -0.3 is 15.5 Å². The standard InChI is InChI=1S/C27H28FN7O/c1-17(2)35-10-8-20(9-11-35)32-24-16-29-15-23(33-24)22-12-21-19(13-30-22)14-31-26(25(21)28)34-27(36)18-6-4-3-5-7-18/h3-7,12-17,20H,8-11H2,1-2H3,(H,32,33)(H,31,34,36). The second kappa shape index (κ2) is 10.3. The Kier molecular flexibility index (Phi) is 6.81. The summed E-state index contributed by atoms with van der Waals surface area (Å²) in [4.78, 5) is 32.5. The summed E-state index contributed by atoms with van der Waals surface area (Å²) in [6.07, 6.45) is 8.41. The smallest absolute Gasteiger partial charge is 0.256 e. The molecule has 0 unspecified atom stereocenters. The molecule has 36 heavy (non-hydrogen) atoms. The molecule has 2 N–H and O–H groups in total. The number of anilines is 2. The predicted octanol–water partition coefficient (Wildman–Crippen LogP) is 4.76. The van der Waals surface area contributed by atoms with Gasteiger partial charge in [0.25, 0.3) is 5.91 Å². The van der Waals surface area contributed by atoms with Gasteiger partial charge in [0, 0.05) is 53.9 Å². The van der Waals surface area contributed by atoms with Crippen LogP contribution >= 0.6 is 0 Å². The van der Waals surface area contributed by atoms with Gasteiger partial charge in [-0.05, 0) is 44.9 Å². The van der Waals surface area contributed by atoms with Crippen molar-refractivity contribution in [1.82, 2.24) is 24.8 Å². The number of piperidine rings is 1. The Morgan fingerprint density at radius 1 is 1.03 bits per heavy atom. The number of likely N-dealkylation sites (tertiary alicyclic amines) is 1. The second-order valence-corrected chi connectivity index (χ2v) is 9.24. The van der Waals surface area contributed by atoms with Crippen molar-refractivity contribution in [2.75, 3.05) is 23.7 Å². The van der Waals surface area contributed by atoms with E-state index < -0.39 is 11.7 Å². The van der Waals surface area contributed by atoms with Crippen LogP contribution in [-0.4, -0.2) is 55.9 Å². The van der Waals surface area contributed by atoms with Gasteiger partial charge in [0.2, 0.25) is 0 Å². The summed E-state index contributed by atoms with van der Waals surface area (Å²) in [6, 6.07) is 11.1. The Labute approximate surface area is 209 Å². The van der Waals surface area contributed by atoms with Crippen LogP contribution in [0.3, 0.4) is 0 Å². The number of nitrogens with zero attached hydrogens (tertiary/aromatic N) is 5. The lowest BCUT2D eigenvalue weighted by Crippen LogP contribution is -2.42. The molecule has 3 aromatic heterocycles. The molecule has 0 spiro atoms. The number of hydrogen-bond donors (Lipinski definition) is 2. The zero-order valence-corrected chi connectivity index (χ0v) is 20.3. The summed E-state index contributed by atoms with van der Waals surface area (Å²) in [7, 11) is 0. The molecule has 1 aromatic carbocycles. The monoisotopic (exact) mass is 485 g/mol. The third kappa shape index (κ3) is 5.16. The van der Waals surface area contributed by atoms with E-state index in [4.69, 9.17) is 0 Å². The Balaban J connectivity index is 1.36. The Hall–Kier alpha value is -3.98. The summed E-state index contributed by atoms with van der Waals surface area (Å²) >= 11 is 0. The van der Waals surface area contributed by atoms with Crippen LogP contribution in [0.4, 0.5) is 16.0 Å². The number of aromatic nitrogens is 4. The number of amides is 1. The van der Waals surface area contributed by atoms with Gasteiger partial charge in [-0.2, -0.15) is 0 Å². The van der Waals surface area contributed by atoms with Crippen LogP contribution in [-0.2, 0) is 0 Å². The van der Waals surface area contributed by atoms with Crippen LogP contribution in [0.1, 0.15) is 37.0 Å². The summed E-state index contributed by atoms with van der Waals surface area (Å²) in [5, 5.41) is 6.85. The molecule has 1 aliphatic heterocycles. The molecule has 1 aliphatic rings. The summed E-state index contributed by atoms with van der Waals surface area (Å²) < 4.78 is 15.4. The third-order valence-electron chi connectivity index (χ3n) is 6.49. The van der Waals surface area contributed by atoms with Gasteiger partial charge in [0.05, 0.1) is 18.1 Å². The van der Waals surface area contributed by atoms with Crippen LogP contribution in [0.2, 0.25) is 0 Å². The number of pyridine rings is 2. The third-order valence-corrected chi connectivity index (χ3v) is 6.49. The van der Waals surface area contributed by atoms with Crippen molar-refractivity contribution in [3.63, 3.8) is 0 Å². The Morgan fingerprint density at radius 2 is 1.78 bits per heavy atom. The van der Waals surface area contributed by atoms with Gasteiger partial charge in [0.1, 0.15) is 11.5 Å². The molecule has 1 amide bonds. The van der Waals surface area contributed by atoms with E-state index in [0.29, 0.717) is 45.6 Å². The van der Waals surface area contributed by atoms with Crippen LogP contribution in [0.15, 0.2) is 61.2 Å². The van der Waals surface area contributed by atoms with E-state index in [1.165, 1.54) is 6.20 Å². The van der Waals surface area contributed by atoms with Gasteiger partial charge in [0.15, 0.2) is 11.6 Å². The van der Waals surface area contributed by atoms with Crippen LogP contribution < -0.4 is 10.6 Å². The van der Waals surface area contributed by atoms with Crippen molar-refractivity contribution in [3.05, 3.63) is 72.6 Å². The average molecular weight is 486 g/mol. The Morgan fingerprint density at radius 3 is 2.53 bits per heavy atom. The predicted molar refractivity (Wildman–Crippen MR) is 138 cm³/mol. The fourth-order valence-corrected chi connectivity index (χ4v) is 4.40. The van der Waals surface area contributed by atoms with Crippen molar-refractivity contribution in [3.8, 4) is 11.4 Å². The van der Waals surface area contributed by atoms with Crippen molar-refractivity contribution < 1.29 is 9.18 Å². The molecule has 0 radical (unpaired) electrons. The molecule has 0 saturated carbocycles. The average Bonchev–Trinajstić information content (AvgIpc) is 2.91. The van der Waals surface area contributed by atoms with Crippen molar-refractivity contribution in [2.24, 2.45) is 0 Å². The highest BCUT2D eigenvalue weighted by atomic mass is 19.1. The Bertz CT molecular complexity index is 1370. The zero-order valence-electron chi connectivity index (χ0n) is 20.3. The first-order valence-electron chi connectivity index (χ1n) is 12.1. The fourth-order valence-electron chi connectivity index (χ4n) is 4.40. The topological polar surface area (TPSA) is 95.9 Å². The minimum atomic E-state index is -0.625. The van der Waals surface area contributed by atoms with Crippen molar-refractivity contribution in [2.45, 2.75) is 38.8 Å². The summed E-state index contributed by atoms with van der Waals surface area (Å²) in [6.45, 7) is 6.53. The summed E-state index contributed by atoms with van der Waals surface area (Å²) in [5.74, 6) is -0.523. The van der Waals surface area contributed by atoms with Crippen LogP contribution in [0, 0.1) is 5.82 Å². The lowest BCUT2D eigenvalue weighted by molar-refractivity contribution is 0.102. The number of carbonyl (C=O) groups excluding carboxylic acids is 1. The van der Waals surface area contributed by atoms with E-state index in [1.54, 1.807) is 48.9 Å². The highest BCUT2D eigenvalue weighted by Crippen LogP contribution is 2.27. The highest BCUT2D eigenvalue weighted by molar-refractivity contribution is 6.04. The number of fused-ring (bicyclic) bond motifs is 1. The molecule has 0 aliphatic carbocycles. The van der Waals surface area contributed by atoms with E-state index in [1.807, 2.05) is 6.07 Å². The minimum Gasteiger partial charge on any atom is -0.366 e. The summed E-state index contributed by atoms with van der Waals surface area (Å²) in [5.41, 5.74) is 1.44. The van der Waals surface area contributed by atoms with E-state index in [9.17, 15) is 4.79 Å².